The van der Waals surface area contributed by atoms with E-state index in [2.05, 4.69) is 49.4 Å². The first-order valence-electron chi connectivity index (χ1n) is 8.78. The van der Waals surface area contributed by atoms with Crippen LogP contribution in [-0.2, 0) is 11.3 Å². The topological polar surface area (TPSA) is 42.3 Å². The van der Waals surface area contributed by atoms with E-state index in [1.165, 1.54) is 5.56 Å². The molecular weight excluding hydrogens is 300 g/mol. The van der Waals surface area contributed by atoms with Crippen LogP contribution in [0.15, 0.2) is 36.5 Å². The molecule has 1 aliphatic rings. The molecule has 0 saturated carbocycles. The number of ether oxygens (including phenoxy) is 1. The van der Waals surface area contributed by atoms with Crippen LogP contribution in [0.25, 0.3) is 5.69 Å². The van der Waals surface area contributed by atoms with Crippen LogP contribution >= 0.6 is 0 Å². The number of nitrogens with one attached hydrogen (secondary N) is 1. The zero-order chi connectivity index (χ0) is 16.9. The van der Waals surface area contributed by atoms with Crippen LogP contribution in [0.5, 0.6) is 0 Å². The second-order valence-corrected chi connectivity index (χ2v) is 6.86. The number of nitrogens with zero attached hydrogens (tertiary/aromatic N) is 3. The maximum Gasteiger partial charge on any atom is 0.0826 e. The molecule has 5 heteroatoms. The van der Waals surface area contributed by atoms with Crippen LogP contribution in [-0.4, -0.2) is 54.1 Å². The molecule has 3 rings (SSSR count). The highest BCUT2D eigenvalue weighted by molar-refractivity contribution is 5.33. The Morgan fingerprint density at radius 1 is 1.29 bits per heavy atom. The van der Waals surface area contributed by atoms with Gasteiger partial charge in [0.15, 0.2) is 0 Å². The van der Waals surface area contributed by atoms with Gasteiger partial charge in [-0.1, -0.05) is 32.0 Å². The summed E-state index contributed by atoms with van der Waals surface area (Å²) in [5.41, 5.74) is 3.52. The Hall–Kier alpha value is -1.69. The average Bonchev–Trinajstić information content (AvgIpc) is 3.00. The van der Waals surface area contributed by atoms with Crippen LogP contribution in [0, 0.1) is 0 Å². The quantitative estimate of drug-likeness (QED) is 0.884. The van der Waals surface area contributed by atoms with E-state index in [4.69, 9.17) is 9.84 Å². The van der Waals surface area contributed by atoms with Gasteiger partial charge in [0.05, 0.1) is 24.1 Å². The molecule has 0 aliphatic carbocycles. The molecule has 130 valence electrons. The molecule has 2 aromatic rings. The largest absolute Gasteiger partial charge is 0.374 e. The number of hydrogen-bond acceptors (Lipinski definition) is 4. The lowest BCUT2D eigenvalue weighted by molar-refractivity contribution is -0.0182. The van der Waals surface area contributed by atoms with Gasteiger partial charge in [0.1, 0.15) is 0 Å². The SMILES string of the molecule is CC(C)c1nn(-c2ccccc2)cc1CNCC1CN(C)CCO1. The summed E-state index contributed by atoms with van der Waals surface area (Å²) in [4.78, 5) is 2.32. The van der Waals surface area contributed by atoms with Crippen molar-refractivity contribution in [1.29, 1.82) is 0 Å². The monoisotopic (exact) mass is 328 g/mol. The third-order valence-corrected chi connectivity index (χ3v) is 4.42. The van der Waals surface area contributed by atoms with E-state index in [1.807, 2.05) is 22.9 Å². The Morgan fingerprint density at radius 3 is 2.79 bits per heavy atom. The lowest BCUT2D eigenvalue weighted by atomic mass is 10.1. The Labute approximate surface area is 144 Å². The fraction of sp³-hybridized carbons (Fsp3) is 0.526. The molecule has 24 heavy (non-hydrogen) atoms. The van der Waals surface area contributed by atoms with E-state index in [0.717, 1.165) is 44.2 Å². The summed E-state index contributed by atoms with van der Waals surface area (Å²) >= 11 is 0. The number of likely N-dealkylation sites (N-methyl/N-ethyl adjacent to an activating group) is 1. The summed E-state index contributed by atoms with van der Waals surface area (Å²) < 4.78 is 7.80. The molecular formula is C19H28N4O. The van der Waals surface area contributed by atoms with Crippen molar-refractivity contribution >= 4 is 0 Å². The minimum Gasteiger partial charge on any atom is -0.374 e. The van der Waals surface area contributed by atoms with Crippen LogP contribution < -0.4 is 5.32 Å². The van der Waals surface area contributed by atoms with Gasteiger partial charge in [-0.25, -0.2) is 4.68 Å². The van der Waals surface area contributed by atoms with E-state index in [-0.39, 0.29) is 6.10 Å². The maximum absolute atomic E-state index is 5.81. The number of para-hydroxylation sites is 1. The van der Waals surface area contributed by atoms with Gasteiger partial charge in [-0.3, -0.25) is 0 Å². The molecule has 1 saturated heterocycles. The predicted molar refractivity (Wildman–Crippen MR) is 96.6 cm³/mol. The van der Waals surface area contributed by atoms with Gasteiger partial charge in [-0.2, -0.15) is 5.10 Å². The van der Waals surface area contributed by atoms with Gasteiger partial charge in [0.2, 0.25) is 0 Å². The minimum atomic E-state index is 0.274. The number of benzene rings is 1. The molecule has 1 aliphatic heterocycles. The summed E-state index contributed by atoms with van der Waals surface area (Å²) in [6.45, 7) is 8.93. The highest BCUT2D eigenvalue weighted by Crippen LogP contribution is 2.20. The normalized spacial score (nSPS) is 19.1. The van der Waals surface area contributed by atoms with E-state index in [1.54, 1.807) is 0 Å². The molecule has 1 aromatic carbocycles. The summed E-state index contributed by atoms with van der Waals surface area (Å²) in [5, 5.41) is 8.34. The van der Waals surface area contributed by atoms with Gasteiger partial charge in [-0.05, 0) is 25.1 Å². The van der Waals surface area contributed by atoms with Gasteiger partial charge in [-0.15, -0.1) is 0 Å². The van der Waals surface area contributed by atoms with Crippen molar-refractivity contribution in [1.82, 2.24) is 20.0 Å². The van der Waals surface area contributed by atoms with Crippen molar-refractivity contribution < 1.29 is 4.74 Å². The van der Waals surface area contributed by atoms with Gasteiger partial charge in [0, 0.05) is 37.9 Å². The highest BCUT2D eigenvalue weighted by atomic mass is 16.5. The summed E-state index contributed by atoms with van der Waals surface area (Å²) in [5.74, 6) is 0.406. The lowest BCUT2D eigenvalue weighted by Crippen LogP contribution is -2.44. The van der Waals surface area contributed by atoms with Gasteiger partial charge >= 0.3 is 0 Å². The Balaban J connectivity index is 1.65. The first-order valence-corrected chi connectivity index (χ1v) is 8.78. The van der Waals surface area contributed by atoms with Crippen molar-refractivity contribution in [3.8, 4) is 5.69 Å². The van der Waals surface area contributed by atoms with Crippen LogP contribution in [0.1, 0.15) is 31.0 Å². The first kappa shape index (κ1) is 17.1. The smallest absolute Gasteiger partial charge is 0.0826 e. The van der Waals surface area contributed by atoms with Crippen molar-refractivity contribution in [2.24, 2.45) is 0 Å². The molecule has 0 amide bonds. The molecule has 1 fully saturated rings. The van der Waals surface area contributed by atoms with E-state index in [9.17, 15) is 0 Å². The molecule has 1 N–H and O–H groups in total. The molecule has 0 spiro atoms. The number of morpholine rings is 1. The molecule has 1 atom stereocenters. The van der Waals surface area contributed by atoms with Crippen molar-refractivity contribution in [2.45, 2.75) is 32.4 Å². The third-order valence-electron chi connectivity index (χ3n) is 4.42. The second-order valence-electron chi connectivity index (χ2n) is 6.86. The van der Waals surface area contributed by atoms with Crippen molar-refractivity contribution in [3.05, 3.63) is 47.8 Å². The summed E-state index contributed by atoms with van der Waals surface area (Å²) in [6, 6.07) is 10.3. The standard InChI is InChI=1S/C19H28N4O/c1-15(2)19-16(11-20-12-18-14-22(3)9-10-24-18)13-23(21-19)17-7-5-4-6-8-17/h4-8,13,15,18,20H,9-12,14H2,1-3H3. The number of rotatable bonds is 6. The van der Waals surface area contributed by atoms with Gasteiger partial charge < -0.3 is 15.0 Å². The lowest BCUT2D eigenvalue weighted by Gasteiger charge is -2.30. The number of hydrogen-bond donors (Lipinski definition) is 1. The molecule has 1 unspecified atom stereocenters. The van der Waals surface area contributed by atoms with Crippen LogP contribution in [0.2, 0.25) is 0 Å². The van der Waals surface area contributed by atoms with Crippen LogP contribution in [0.3, 0.4) is 0 Å². The maximum atomic E-state index is 5.81. The third kappa shape index (κ3) is 4.23. The first-order chi connectivity index (χ1) is 11.6. The Bertz CT molecular complexity index is 638. The van der Waals surface area contributed by atoms with Crippen molar-refractivity contribution in [3.63, 3.8) is 0 Å². The Kier molecular flexibility index (Phi) is 5.66. The molecule has 5 nitrogen and oxygen atoms in total. The highest BCUT2D eigenvalue weighted by Gasteiger charge is 2.18. The minimum absolute atomic E-state index is 0.274. The molecule has 2 heterocycles. The Morgan fingerprint density at radius 2 is 2.08 bits per heavy atom. The fourth-order valence-corrected chi connectivity index (χ4v) is 3.12. The summed E-state index contributed by atoms with van der Waals surface area (Å²) in [6.07, 6.45) is 2.42. The van der Waals surface area contributed by atoms with E-state index < -0.39 is 0 Å². The zero-order valence-corrected chi connectivity index (χ0v) is 14.9. The van der Waals surface area contributed by atoms with E-state index in [0.29, 0.717) is 5.92 Å². The zero-order valence-electron chi connectivity index (χ0n) is 14.9. The summed E-state index contributed by atoms with van der Waals surface area (Å²) in [7, 11) is 2.15. The molecule has 0 bridgehead atoms. The average molecular weight is 328 g/mol. The van der Waals surface area contributed by atoms with Crippen molar-refractivity contribution in [2.75, 3.05) is 33.3 Å². The number of aromatic nitrogens is 2. The van der Waals surface area contributed by atoms with Gasteiger partial charge in [0.25, 0.3) is 0 Å². The molecule has 0 radical (unpaired) electrons. The van der Waals surface area contributed by atoms with E-state index >= 15 is 0 Å². The second kappa shape index (κ2) is 7.92. The van der Waals surface area contributed by atoms with Crippen LogP contribution in [0.4, 0.5) is 0 Å². The predicted octanol–water partition coefficient (Wildman–Crippen LogP) is 2.42. The fourth-order valence-electron chi connectivity index (χ4n) is 3.12. The molecule has 1 aromatic heterocycles.